The normalized spacial score (nSPS) is 14.6. The molecule has 2 heterocycles. The van der Waals surface area contributed by atoms with Gasteiger partial charge in [0.2, 0.25) is 11.8 Å². The van der Waals surface area contributed by atoms with Gasteiger partial charge in [0, 0.05) is 31.6 Å². The first-order valence-electron chi connectivity index (χ1n) is 11.6. The number of carbonyl (C=O) groups is 2. The van der Waals surface area contributed by atoms with Gasteiger partial charge in [0.25, 0.3) is 0 Å². The van der Waals surface area contributed by atoms with E-state index in [-0.39, 0.29) is 30.2 Å². The first-order valence-corrected chi connectivity index (χ1v) is 11.6. The highest BCUT2D eigenvalue weighted by atomic mass is 19.1. The molecule has 4 rings (SSSR count). The van der Waals surface area contributed by atoms with Gasteiger partial charge in [-0.25, -0.2) is 9.07 Å². The van der Waals surface area contributed by atoms with E-state index in [1.54, 1.807) is 22.9 Å². The predicted octanol–water partition coefficient (Wildman–Crippen LogP) is 3.47. The van der Waals surface area contributed by atoms with Crippen LogP contribution in [0.15, 0.2) is 60.7 Å². The third-order valence-electron chi connectivity index (χ3n) is 5.97. The molecule has 3 aromatic rings. The van der Waals surface area contributed by atoms with Gasteiger partial charge in [-0.05, 0) is 56.0 Å². The highest BCUT2D eigenvalue weighted by Crippen LogP contribution is 2.18. The van der Waals surface area contributed by atoms with Crippen LogP contribution < -0.4 is 10.6 Å². The van der Waals surface area contributed by atoms with E-state index < -0.39 is 0 Å². The molecular weight excluding hydrogens is 433 g/mol. The van der Waals surface area contributed by atoms with Crippen LogP contribution in [0, 0.1) is 12.7 Å². The second-order valence-corrected chi connectivity index (χ2v) is 8.71. The summed E-state index contributed by atoms with van der Waals surface area (Å²) in [7, 11) is 0. The van der Waals surface area contributed by atoms with Gasteiger partial charge in [-0.3, -0.25) is 14.5 Å². The Kier molecular flexibility index (Phi) is 7.69. The molecule has 0 bridgehead atoms. The monoisotopic (exact) mass is 463 g/mol. The standard InChI is InChI=1S/C26H30FN5O2/c1-19-17-24(32(30-19)23-10-8-21(27)9-11-23)29-26(34)18-31-15-13-22(14-16-31)28-25(33)12-7-20-5-3-2-4-6-20/h2-6,8-11,17,22H,7,12-16,18H2,1H3,(H,28,33)(H,29,34). The number of carbonyl (C=O) groups excluding carboxylic acids is 2. The molecule has 1 aliphatic rings. The molecule has 178 valence electrons. The maximum Gasteiger partial charge on any atom is 0.239 e. The minimum absolute atomic E-state index is 0.0736. The van der Waals surface area contributed by atoms with Gasteiger partial charge >= 0.3 is 0 Å². The zero-order chi connectivity index (χ0) is 23.9. The third kappa shape index (κ3) is 6.51. The van der Waals surface area contributed by atoms with Crippen molar-refractivity contribution in [3.63, 3.8) is 0 Å². The Labute approximate surface area is 199 Å². The Balaban J connectivity index is 1.22. The SMILES string of the molecule is Cc1cc(NC(=O)CN2CCC(NC(=O)CCc3ccccc3)CC2)n(-c2ccc(F)cc2)n1. The van der Waals surface area contributed by atoms with Gasteiger partial charge in [0.15, 0.2) is 0 Å². The van der Waals surface area contributed by atoms with Crippen molar-refractivity contribution in [1.82, 2.24) is 20.0 Å². The lowest BCUT2D eigenvalue weighted by atomic mass is 10.0. The second-order valence-electron chi connectivity index (χ2n) is 8.71. The summed E-state index contributed by atoms with van der Waals surface area (Å²) in [4.78, 5) is 27.1. The van der Waals surface area contributed by atoms with Gasteiger partial charge < -0.3 is 10.6 Å². The molecular formula is C26H30FN5O2. The van der Waals surface area contributed by atoms with E-state index in [1.165, 1.54) is 12.1 Å². The number of hydrogen-bond acceptors (Lipinski definition) is 4. The van der Waals surface area contributed by atoms with E-state index in [0.717, 1.165) is 43.6 Å². The molecule has 34 heavy (non-hydrogen) atoms. The quantitative estimate of drug-likeness (QED) is 0.536. The number of nitrogens with one attached hydrogen (secondary N) is 2. The van der Waals surface area contributed by atoms with Gasteiger partial charge in [-0.15, -0.1) is 0 Å². The molecule has 1 fully saturated rings. The van der Waals surface area contributed by atoms with Crippen LogP contribution in [0.5, 0.6) is 0 Å². The van der Waals surface area contributed by atoms with E-state index in [1.807, 2.05) is 37.3 Å². The van der Waals surface area contributed by atoms with Crippen molar-refractivity contribution in [2.24, 2.45) is 0 Å². The van der Waals surface area contributed by atoms with Crippen LogP contribution in [0.25, 0.3) is 5.69 Å². The summed E-state index contributed by atoms with van der Waals surface area (Å²) in [5, 5.41) is 10.5. The molecule has 2 amide bonds. The summed E-state index contributed by atoms with van der Waals surface area (Å²) in [6, 6.07) is 17.9. The van der Waals surface area contributed by atoms with Crippen LogP contribution in [0.1, 0.15) is 30.5 Å². The van der Waals surface area contributed by atoms with E-state index >= 15 is 0 Å². The molecule has 7 nitrogen and oxygen atoms in total. The average molecular weight is 464 g/mol. The highest BCUT2D eigenvalue weighted by molar-refractivity contribution is 5.91. The van der Waals surface area contributed by atoms with E-state index in [9.17, 15) is 14.0 Å². The number of aryl methyl sites for hydroxylation is 2. The van der Waals surface area contributed by atoms with Crippen molar-refractivity contribution in [2.45, 2.75) is 38.6 Å². The van der Waals surface area contributed by atoms with Crippen molar-refractivity contribution in [3.8, 4) is 5.69 Å². The maximum absolute atomic E-state index is 13.3. The van der Waals surface area contributed by atoms with E-state index in [2.05, 4.69) is 20.6 Å². The van der Waals surface area contributed by atoms with Gasteiger partial charge in [0.1, 0.15) is 11.6 Å². The van der Waals surface area contributed by atoms with Crippen molar-refractivity contribution >= 4 is 17.6 Å². The molecule has 1 aromatic heterocycles. The Bertz CT molecular complexity index is 1110. The maximum atomic E-state index is 13.3. The number of rotatable bonds is 8. The van der Waals surface area contributed by atoms with Crippen LogP contribution in [-0.2, 0) is 16.0 Å². The largest absolute Gasteiger partial charge is 0.353 e. The Morgan fingerprint density at radius 1 is 1.03 bits per heavy atom. The fourth-order valence-corrected chi connectivity index (χ4v) is 4.19. The van der Waals surface area contributed by atoms with Crippen molar-refractivity contribution in [2.75, 3.05) is 25.0 Å². The first kappa shape index (κ1) is 23.6. The average Bonchev–Trinajstić information content (AvgIpc) is 3.20. The minimum Gasteiger partial charge on any atom is -0.353 e. The molecule has 0 saturated carbocycles. The molecule has 0 spiro atoms. The van der Waals surface area contributed by atoms with Crippen molar-refractivity contribution < 1.29 is 14.0 Å². The van der Waals surface area contributed by atoms with Crippen LogP contribution in [-0.4, -0.2) is 52.2 Å². The number of nitrogens with zero attached hydrogens (tertiary/aromatic N) is 3. The Morgan fingerprint density at radius 2 is 1.74 bits per heavy atom. The Morgan fingerprint density at radius 3 is 2.44 bits per heavy atom. The van der Waals surface area contributed by atoms with Gasteiger partial charge in [-0.1, -0.05) is 30.3 Å². The lowest BCUT2D eigenvalue weighted by molar-refractivity contribution is -0.122. The van der Waals surface area contributed by atoms with Crippen LogP contribution in [0.3, 0.4) is 0 Å². The molecule has 0 radical (unpaired) electrons. The summed E-state index contributed by atoms with van der Waals surface area (Å²) in [6.07, 6.45) is 2.85. The molecule has 2 N–H and O–H groups in total. The molecule has 0 unspecified atom stereocenters. The third-order valence-corrected chi connectivity index (χ3v) is 5.97. The minimum atomic E-state index is -0.325. The van der Waals surface area contributed by atoms with Crippen LogP contribution in [0.2, 0.25) is 0 Å². The lowest BCUT2D eigenvalue weighted by Crippen LogP contribution is -2.46. The number of piperidine rings is 1. The second kappa shape index (κ2) is 11.1. The molecule has 0 atom stereocenters. The number of aromatic nitrogens is 2. The molecule has 8 heteroatoms. The zero-order valence-electron chi connectivity index (χ0n) is 19.3. The Hall–Kier alpha value is -3.52. The number of likely N-dealkylation sites (tertiary alicyclic amines) is 1. The van der Waals surface area contributed by atoms with Crippen LogP contribution in [0.4, 0.5) is 10.2 Å². The lowest BCUT2D eigenvalue weighted by Gasteiger charge is -2.31. The summed E-state index contributed by atoms with van der Waals surface area (Å²) in [5.41, 5.74) is 2.59. The topological polar surface area (TPSA) is 79.3 Å². The highest BCUT2D eigenvalue weighted by Gasteiger charge is 2.22. The van der Waals surface area contributed by atoms with Gasteiger partial charge in [-0.2, -0.15) is 5.10 Å². The molecule has 0 aliphatic carbocycles. The predicted molar refractivity (Wildman–Crippen MR) is 129 cm³/mol. The first-order chi connectivity index (χ1) is 16.5. The summed E-state index contributed by atoms with van der Waals surface area (Å²) >= 11 is 0. The number of halogens is 1. The number of amides is 2. The smallest absolute Gasteiger partial charge is 0.239 e. The van der Waals surface area contributed by atoms with Crippen molar-refractivity contribution in [1.29, 1.82) is 0 Å². The summed E-state index contributed by atoms with van der Waals surface area (Å²) < 4.78 is 14.9. The van der Waals surface area contributed by atoms with Crippen LogP contribution >= 0.6 is 0 Å². The van der Waals surface area contributed by atoms with E-state index in [0.29, 0.717) is 17.9 Å². The van der Waals surface area contributed by atoms with Crippen molar-refractivity contribution in [3.05, 3.63) is 77.7 Å². The molecule has 1 saturated heterocycles. The fraction of sp³-hybridized carbons (Fsp3) is 0.346. The summed E-state index contributed by atoms with van der Waals surface area (Å²) in [6.45, 7) is 3.59. The van der Waals surface area contributed by atoms with Gasteiger partial charge in [0.05, 0.1) is 17.9 Å². The zero-order valence-corrected chi connectivity index (χ0v) is 19.3. The molecule has 2 aromatic carbocycles. The number of hydrogen-bond donors (Lipinski definition) is 2. The summed E-state index contributed by atoms with van der Waals surface area (Å²) in [5.74, 6) is 0.168. The fourth-order valence-electron chi connectivity index (χ4n) is 4.19. The molecule has 1 aliphatic heterocycles. The van der Waals surface area contributed by atoms with E-state index in [4.69, 9.17) is 0 Å². The number of benzene rings is 2. The number of anilines is 1.